The van der Waals surface area contributed by atoms with E-state index in [2.05, 4.69) is 0 Å². The minimum Gasteiger partial charge on any atom is -0.381 e. The van der Waals surface area contributed by atoms with Crippen LogP contribution in [0.5, 0.6) is 0 Å². The summed E-state index contributed by atoms with van der Waals surface area (Å²) in [6, 6.07) is 6.72. The first-order valence-electron chi connectivity index (χ1n) is 6.84. The molecule has 1 heterocycles. The van der Waals surface area contributed by atoms with Gasteiger partial charge in [0.25, 0.3) is 0 Å². The number of ether oxygens (including phenoxy) is 1. The van der Waals surface area contributed by atoms with Crippen molar-refractivity contribution in [1.82, 2.24) is 4.31 Å². The number of nitrogens with two attached hydrogens (primary N) is 1. The maximum absolute atomic E-state index is 12.6. The molecular weight excluding hydrogens is 276 g/mol. The molecule has 1 saturated heterocycles. The molecule has 0 bridgehead atoms. The van der Waals surface area contributed by atoms with Gasteiger partial charge in [-0.2, -0.15) is 4.31 Å². The van der Waals surface area contributed by atoms with Gasteiger partial charge in [-0.15, -0.1) is 0 Å². The van der Waals surface area contributed by atoms with E-state index in [4.69, 9.17) is 10.5 Å². The van der Waals surface area contributed by atoms with Crippen molar-refractivity contribution in [2.24, 2.45) is 5.73 Å². The van der Waals surface area contributed by atoms with Gasteiger partial charge in [0.15, 0.2) is 0 Å². The average Bonchev–Trinajstić information content (AvgIpc) is 2.47. The van der Waals surface area contributed by atoms with Crippen molar-refractivity contribution in [2.75, 3.05) is 20.3 Å². The molecule has 0 amide bonds. The second kappa shape index (κ2) is 6.22. The molecule has 20 heavy (non-hydrogen) atoms. The lowest BCUT2D eigenvalue weighted by Gasteiger charge is -2.30. The normalized spacial score (nSPS) is 19.2. The topological polar surface area (TPSA) is 72.6 Å². The summed E-state index contributed by atoms with van der Waals surface area (Å²) >= 11 is 0. The van der Waals surface area contributed by atoms with Crippen LogP contribution in [0.25, 0.3) is 0 Å². The van der Waals surface area contributed by atoms with Crippen LogP contribution in [0, 0.1) is 0 Å². The first kappa shape index (κ1) is 15.4. The Labute approximate surface area is 120 Å². The molecule has 0 aliphatic carbocycles. The van der Waals surface area contributed by atoms with Gasteiger partial charge in [-0.05, 0) is 37.5 Å². The Kier molecular flexibility index (Phi) is 4.80. The molecule has 1 aromatic rings. The highest BCUT2D eigenvalue weighted by atomic mass is 32.2. The third kappa shape index (κ3) is 3.20. The van der Waals surface area contributed by atoms with Crippen molar-refractivity contribution >= 4 is 10.0 Å². The zero-order valence-corrected chi connectivity index (χ0v) is 12.8. The van der Waals surface area contributed by atoms with E-state index in [1.807, 2.05) is 6.92 Å². The minimum absolute atomic E-state index is 0.0156. The molecule has 1 atom stereocenters. The van der Waals surface area contributed by atoms with Gasteiger partial charge in [0.1, 0.15) is 0 Å². The standard InChI is InChI=1S/C14H22N2O3S/c1-11(15)12-3-5-14(6-4-12)20(17,18)16(2)13-7-9-19-10-8-13/h3-6,11,13H,7-10,15H2,1-2H3. The van der Waals surface area contributed by atoms with Crippen LogP contribution in [0.4, 0.5) is 0 Å². The van der Waals surface area contributed by atoms with Gasteiger partial charge in [0, 0.05) is 32.3 Å². The van der Waals surface area contributed by atoms with E-state index in [9.17, 15) is 8.42 Å². The van der Waals surface area contributed by atoms with Crippen molar-refractivity contribution in [3.63, 3.8) is 0 Å². The fourth-order valence-electron chi connectivity index (χ4n) is 2.35. The van der Waals surface area contributed by atoms with Crippen molar-refractivity contribution in [3.8, 4) is 0 Å². The van der Waals surface area contributed by atoms with Gasteiger partial charge in [-0.3, -0.25) is 0 Å². The number of rotatable bonds is 4. The molecule has 1 fully saturated rings. The quantitative estimate of drug-likeness (QED) is 0.914. The number of hydrogen-bond donors (Lipinski definition) is 1. The zero-order chi connectivity index (χ0) is 14.8. The molecule has 0 saturated carbocycles. The van der Waals surface area contributed by atoms with E-state index in [0.29, 0.717) is 18.1 Å². The average molecular weight is 298 g/mol. The Bertz CT molecular complexity index is 534. The fourth-order valence-corrected chi connectivity index (χ4v) is 3.77. The lowest BCUT2D eigenvalue weighted by Crippen LogP contribution is -2.40. The molecule has 6 heteroatoms. The summed E-state index contributed by atoms with van der Waals surface area (Å²) in [4.78, 5) is 0.316. The maximum Gasteiger partial charge on any atom is 0.243 e. The van der Waals surface area contributed by atoms with Crippen LogP contribution in [0.1, 0.15) is 31.4 Å². The SMILES string of the molecule is CC(N)c1ccc(S(=O)(=O)N(C)C2CCOCC2)cc1. The van der Waals surface area contributed by atoms with Crippen molar-refractivity contribution in [1.29, 1.82) is 0 Å². The summed E-state index contributed by atoms with van der Waals surface area (Å²) in [5.74, 6) is 0. The van der Waals surface area contributed by atoms with E-state index < -0.39 is 10.0 Å². The largest absolute Gasteiger partial charge is 0.381 e. The van der Waals surface area contributed by atoms with Gasteiger partial charge >= 0.3 is 0 Å². The van der Waals surface area contributed by atoms with E-state index in [-0.39, 0.29) is 12.1 Å². The summed E-state index contributed by atoms with van der Waals surface area (Å²) in [5, 5.41) is 0. The van der Waals surface area contributed by atoms with E-state index in [1.54, 1.807) is 31.3 Å². The summed E-state index contributed by atoms with van der Waals surface area (Å²) in [6.07, 6.45) is 1.49. The van der Waals surface area contributed by atoms with Crippen molar-refractivity contribution < 1.29 is 13.2 Å². The summed E-state index contributed by atoms with van der Waals surface area (Å²) in [5.41, 5.74) is 6.70. The highest BCUT2D eigenvalue weighted by molar-refractivity contribution is 7.89. The Morgan fingerprint density at radius 3 is 2.30 bits per heavy atom. The molecule has 2 N–H and O–H groups in total. The van der Waals surface area contributed by atoms with E-state index >= 15 is 0 Å². The molecule has 1 aliphatic rings. The van der Waals surface area contributed by atoms with Crippen LogP contribution < -0.4 is 5.73 Å². The fraction of sp³-hybridized carbons (Fsp3) is 0.571. The molecule has 1 aromatic carbocycles. The molecule has 1 unspecified atom stereocenters. The monoisotopic (exact) mass is 298 g/mol. The van der Waals surface area contributed by atoms with E-state index in [0.717, 1.165) is 18.4 Å². The summed E-state index contributed by atoms with van der Waals surface area (Å²) in [7, 11) is -1.80. The molecule has 2 rings (SSSR count). The van der Waals surface area contributed by atoms with Crippen molar-refractivity contribution in [2.45, 2.75) is 36.7 Å². The first-order chi connectivity index (χ1) is 9.43. The van der Waals surface area contributed by atoms with Gasteiger partial charge < -0.3 is 10.5 Å². The predicted molar refractivity (Wildman–Crippen MR) is 77.8 cm³/mol. The molecular formula is C14H22N2O3S. The molecule has 0 radical (unpaired) electrons. The lowest BCUT2D eigenvalue weighted by molar-refractivity contribution is 0.0632. The number of hydrogen-bond acceptors (Lipinski definition) is 4. The predicted octanol–water partition coefficient (Wildman–Crippen LogP) is 1.51. The van der Waals surface area contributed by atoms with Gasteiger partial charge in [0.05, 0.1) is 4.90 Å². The third-order valence-electron chi connectivity index (χ3n) is 3.79. The molecule has 0 spiro atoms. The Morgan fingerprint density at radius 1 is 1.25 bits per heavy atom. The van der Waals surface area contributed by atoms with Gasteiger partial charge in [-0.25, -0.2) is 8.42 Å². The number of benzene rings is 1. The smallest absolute Gasteiger partial charge is 0.243 e. The summed E-state index contributed by atoms with van der Waals surface area (Å²) < 4.78 is 31.9. The van der Waals surface area contributed by atoms with Gasteiger partial charge in [-0.1, -0.05) is 12.1 Å². The lowest BCUT2D eigenvalue weighted by atomic mass is 10.1. The molecule has 1 aliphatic heterocycles. The molecule has 5 nitrogen and oxygen atoms in total. The van der Waals surface area contributed by atoms with Crippen LogP contribution in [0.3, 0.4) is 0 Å². The first-order valence-corrected chi connectivity index (χ1v) is 8.28. The number of nitrogens with zero attached hydrogens (tertiary/aromatic N) is 1. The van der Waals surface area contributed by atoms with E-state index in [1.165, 1.54) is 4.31 Å². The van der Waals surface area contributed by atoms with Crippen LogP contribution in [-0.2, 0) is 14.8 Å². The second-order valence-electron chi connectivity index (χ2n) is 5.22. The minimum atomic E-state index is -3.44. The van der Waals surface area contributed by atoms with Crippen LogP contribution >= 0.6 is 0 Å². The Hall–Kier alpha value is -0.950. The van der Waals surface area contributed by atoms with Crippen molar-refractivity contribution in [3.05, 3.63) is 29.8 Å². The van der Waals surface area contributed by atoms with Crippen LogP contribution in [-0.4, -0.2) is 39.0 Å². The Morgan fingerprint density at radius 2 is 1.80 bits per heavy atom. The Balaban J connectivity index is 2.20. The number of sulfonamides is 1. The third-order valence-corrected chi connectivity index (χ3v) is 5.71. The molecule has 0 aromatic heterocycles. The highest BCUT2D eigenvalue weighted by Crippen LogP contribution is 2.22. The maximum atomic E-state index is 12.6. The van der Waals surface area contributed by atoms with Crippen LogP contribution in [0.15, 0.2) is 29.2 Å². The zero-order valence-electron chi connectivity index (χ0n) is 12.0. The van der Waals surface area contributed by atoms with Gasteiger partial charge in [0.2, 0.25) is 10.0 Å². The molecule has 112 valence electrons. The highest BCUT2D eigenvalue weighted by Gasteiger charge is 2.29. The second-order valence-corrected chi connectivity index (χ2v) is 7.22. The summed E-state index contributed by atoms with van der Waals surface area (Å²) in [6.45, 7) is 3.11. The van der Waals surface area contributed by atoms with Crippen LogP contribution in [0.2, 0.25) is 0 Å².